The van der Waals surface area contributed by atoms with Gasteiger partial charge in [-0.25, -0.2) is 0 Å². The summed E-state index contributed by atoms with van der Waals surface area (Å²) in [4.78, 5) is 28.6. The molecule has 1 fully saturated rings. The number of hydrogen-bond acceptors (Lipinski definition) is 4. The van der Waals surface area contributed by atoms with Crippen LogP contribution in [-0.2, 0) is 11.3 Å². The van der Waals surface area contributed by atoms with E-state index in [-0.39, 0.29) is 11.8 Å². The molecule has 0 aliphatic carbocycles. The number of carbonyl (C=O) groups excluding carboxylic acids is 2. The van der Waals surface area contributed by atoms with Gasteiger partial charge in [-0.3, -0.25) is 14.3 Å². The molecule has 7 heteroatoms. The fraction of sp³-hybridized carbons (Fsp3) is 0.688. The highest BCUT2D eigenvalue weighted by Gasteiger charge is 2.34. The number of hydrogen-bond donors (Lipinski definition) is 1. The van der Waals surface area contributed by atoms with E-state index in [9.17, 15) is 9.59 Å². The van der Waals surface area contributed by atoms with Gasteiger partial charge >= 0.3 is 0 Å². The Bertz CT molecular complexity index is 552. The van der Waals surface area contributed by atoms with E-state index >= 15 is 0 Å². The summed E-state index contributed by atoms with van der Waals surface area (Å²) in [6, 6.07) is 1.33. The lowest BCUT2D eigenvalue weighted by molar-refractivity contribution is -0.128. The first-order valence-electron chi connectivity index (χ1n) is 8.15. The Balaban J connectivity index is 2.09. The summed E-state index contributed by atoms with van der Waals surface area (Å²) in [6.07, 6.45) is 2.48. The van der Waals surface area contributed by atoms with Crippen molar-refractivity contribution in [3.63, 3.8) is 0 Å². The molecule has 2 heterocycles. The zero-order chi connectivity index (χ0) is 17.0. The second kappa shape index (κ2) is 7.59. The van der Waals surface area contributed by atoms with Gasteiger partial charge in [-0.05, 0) is 32.5 Å². The number of likely N-dealkylation sites (N-methyl/N-ethyl adjacent to an activating group) is 1. The maximum Gasteiger partial charge on any atom is 0.275 e. The molecule has 23 heavy (non-hydrogen) atoms. The molecule has 1 atom stereocenters. The molecule has 1 N–H and O–H groups in total. The number of piperazine rings is 1. The first-order chi connectivity index (χ1) is 10.9. The molecular weight excluding hydrogens is 294 g/mol. The summed E-state index contributed by atoms with van der Waals surface area (Å²) >= 11 is 0. The molecule has 0 bridgehead atoms. The van der Waals surface area contributed by atoms with Crippen molar-refractivity contribution in [1.29, 1.82) is 0 Å². The molecule has 1 aromatic rings. The van der Waals surface area contributed by atoms with Crippen molar-refractivity contribution in [3.8, 4) is 0 Å². The number of carbonyl (C=O) groups is 2. The fourth-order valence-corrected chi connectivity index (χ4v) is 2.69. The van der Waals surface area contributed by atoms with Gasteiger partial charge in [0.25, 0.3) is 5.91 Å². The molecule has 0 spiro atoms. The standard InChI is InChI=1S/C16H27N5O2/c1-12(2)11-14-15(22)17-6-8-21(14)16(23)13-5-7-20(18-13)10-9-19(3)4/h5,7,12,14H,6,8-11H2,1-4H3,(H,17,22). The van der Waals surface area contributed by atoms with Gasteiger partial charge in [0.15, 0.2) is 0 Å². The Morgan fingerprint density at radius 3 is 2.87 bits per heavy atom. The molecule has 1 aliphatic rings. The molecule has 1 saturated heterocycles. The third kappa shape index (κ3) is 4.54. The van der Waals surface area contributed by atoms with E-state index in [0.29, 0.717) is 31.1 Å². The van der Waals surface area contributed by atoms with Crippen LogP contribution in [0, 0.1) is 5.92 Å². The molecular formula is C16H27N5O2. The minimum atomic E-state index is -0.400. The zero-order valence-electron chi connectivity index (χ0n) is 14.5. The molecule has 7 nitrogen and oxygen atoms in total. The molecule has 2 amide bonds. The smallest absolute Gasteiger partial charge is 0.275 e. The van der Waals surface area contributed by atoms with Crippen LogP contribution in [0.15, 0.2) is 12.3 Å². The second-order valence-electron chi connectivity index (χ2n) is 6.70. The van der Waals surface area contributed by atoms with E-state index in [2.05, 4.69) is 29.2 Å². The molecule has 0 aromatic carbocycles. The zero-order valence-corrected chi connectivity index (χ0v) is 14.5. The predicted molar refractivity (Wildman–Crippen MR) is 88.1 cm³/mol. The summed E-state index contributed by atoms with van der Waals surface area (Å²) < 4.78 is 1.77. The van der Waals surface area contributed by atoms with Crippen molar-refractivity contribution < 1.29 is 9.59 Å². The Morgan fingerprint density at radius 2 is 2.22 bits per heavy atom. The van der Waals surface area contributed by atoms with E-state index < -0.39 is 6.04 Å². The monoisotopic (exact) mass is 321 g/mol. The van der Waals surface area contributed by atoms with Gasteiger partial charge in [0, 0.05) is 25.8 Å². The Labute approximate surface area is 137 Å². The van der Waals surface area contributed by atoms with Crippen LogP contribution in [-0.4, -0.2) is 71.2 Å². The summed E-state index contributed by atoms with van der Waals surface area (Å²) in [5, 5.41) is 7.21. The largest absolute Gasteiger partial charge is 0.353 e. The topological polar surface area (TPSA) is 70.5 Å². The summed E-state index contributed by atoms with van der Waals surface area (Å²) in [5.74, 6) is 0.122. The minimum absolute atomic E-state index is 0.0645. The molecule has 0 saturated carbocycles. The number of rotatable bonds is 6. The maximum absolute atomic E-state index is 12.7. The minimum Gasteiger partial charge on any atom is -0.353 e. The van der Waals surface area contributed by atoms with Crippen molar-refractivity contribution in [3.05, 3.63) is 18.0 Å². The second-order valence-corrected chi connectivity index (χ2v) is 6.70. The van der Waals surface area contributed by atoms with Gasteiger partial charge < -0.3 is 15.1 Å². The van der Waals surface area contributed by atoms with E-state index in [0.717, 1.165) is 13.1 Å². The van der Waals surface area contributed by atoms with E-state index in [1.807, 2.05) is 20.3 Å². The normalized spacial score (nSPS) is 18.6. The third-order valence-corrected chi connectivity index (χ3v) is 3.92. The summed E-state index contributed by atoms with van der Waals surface area (Å²) in [7, 11) is 4.00. The molecule has 2 rings (SSSR count). The van der Waals surface area contributed by atoms with Gasteiger partial charge in [0.2, 0.25) is 5.91 Å². The summed E-state index contributed by atoms with van der Waals surface area (Å²) in [5.41, 5.74) is 0.409. The van der Waals surface area contributed by atoms with Crippen molar-refractivity contribution in [1.82, 2.24) is 24.9 Å². The highest BCUT2D eigenvalue weighted by molar-refractivity contribution is 5.96. The van der Waals surface area contributed by atoms with Crippen LogP contribution < -0.4 is 5.32 Å². The van der Waals surface area contributed by atoms with Crippen molar-refractivity contribution in [2.75, 3.05) is 33.7 Å². The highest BCUT2D eigenvalue weighted by atomic mass is 16.2. The van der Waals surface area contributed by atoms with Gasteiger partial charge in [0.1, 0.15) is 11.7 Å². The van der Waals surface area contributed by atoms with Gasteiger partial charge in [-0.2, -0.15) is 5.10 Å². The SMILES string of the molecule is CC(C)CC1C(=O)NCCN1C(=O)c1ccn(CCN(C)C)n1. The molecule has 1 unspecified atom stereocenters. The van der Waals surface area contributed by atoms with Crippen LogP contribution in [0.2, 0.25) is 0 Å². The fourth-order valence-electron chi connectivity index (χ4n) is 2.69. The Morgan fingerprint density at radius 1 is 1.48 bits per heavy atom. The lowest BCUT2D eigenvalue weighted by atomic mass is 10.00. The van der Waals surface area contributed by atoms with Crippen molar-refractivity contribution in [2.24, 2.45) is 5.92 Å². The van der Waals surface area contributed by atoms with E-state index in [1.165, 1.54) is 0 Å². The molecule has 128 valence electrons. The van der Waals surface area contributed by atoms with E-state index in [4.69, 9.17) is 0 Å². The van der Waals surface area contributed by atoms with Crippen LogP contribution in [0.25, 0.3) is 0 Å². The average Bonchev–Trinajstić information content (AvgIpc) is 2.95. The number of aromatic nitrogens is 2. The van der Waals surface area contributed by atoms with Crippen LogP contribution in [0.4, 0.5) is 0 Å². The Hall–Kier alpha value is -1.89. The van der Waals surface area contributed by atoms with Crippen molar-refractivity contribution in [2.45, 2.75) is 32.9 Å². The highest BCUT2D eigenvalue weighted by Crippen LogP contribution is 2.17. The predicted octanol–water partition coefficient (Wildman–Crippen LogP) is 0.431. The van der Waals surface area contributed by atoms with Crippen LogP contribution in [0.5, 0.6) is 0 Å². The van der Waals surface area contributed by atoms with Gasteiger partial charge in [0.05, 0.1) is 6.54 Å². The molecule has 0 radical (unpaired) electrons. The summed E-state index contributed by atoms with van der Waals surface area (Å²) in [6.45, 7) is 6.74. The van der Waals surface area contributed by atoms with Crippen LogP contribution in [0.1, 0.15) is 30.8 Å². The number of amides is 2. The van der Waals surface area contributed by atoms with E-state index in [1.54, 1.807) is 15.6 Å². The lowest BCUT2D eigenvalue weighted by Crippen LogP contribution is -2.57. The third-order valence-electron chi connectivity index (χ3n) is 3.92. The molecule has 1 aliphatic heterocycles. The number of nitrogens with zero attached hydrogens (tertiary/aromatic N) is 4. The Kier molecular flexibility index (Phi) is 5.76. The number of nitrogens with one attached hydrogen (secondary N) is 1. The maximum atomic E-state index is 12.7. The average molecular weight is 321 g/mol. The first-order valence-corrected chi connectivity index (χ1v) is 8.15. The quantitative estimate of drug-likeness (QED) is 0.825. The van der Waals surface area contributed by atoms with Gasteiger partial charge in [-0.1, -0.05) is 13.8 Å². The lowest BCUT2D eigenvalue weighted by Gasteiger charge is -2.35. The van der Waals surface area contributed by atoms with Crippen molar-refractivity contribution >= 4 is 11.8 Å². The van der Waals surface area contributed by atoms with Gasteiger partial charge in [-0.15, -0.1) is 0 Å². The first kappa shape index (κ1) is 17.5. The van der Waals surface area contributed by atoms with Crippen LogP contribution >= 0.6 is 0 Å². The molecule has 1 aromatic heterocycles. The van der Waals surface area contributed by atoms with Crippen LogP contribution in [0.3, 0.4) is 0 Å².